The lowest BCUT2D eigenvalue weighted by Gasteiger charge is -2.27. The number of nitrogens with zero attached hydrogens (tertiary/aromatic N) is 5. The van der Waals surface area contributed by atoms with Crippen molar-refractivity contribution in [1.82, 2.24) is 19.9 Å². The highest BCUT2D eigenvalue weighted by molar-refractivity contribution is 6.28. The van der Waals surface area contributed by atoms with Crippen molar-refractivity contribution in [2.45, 2.75) is 0 Å². The third-order valence-electron chi connectivity index (χ3n) is 3.47. The predicted octanol–water partition coefficient (Wildman–Crippen LogP) is 2.17. The quantitative estimate of drug-likeness (QED) is 0.670. The van der Waals surface area contributed by atoms with Crippen LogP contribution in [0.3, 0.4) is 0 Å². The van der Waals surface area contributed by atoms with Crippen molar-refractivity contribution < 1.29 is 9.15 Å². The average Bonchev–Trinajstić information content (AvgIpc) is 2.99. The average molecular weight is 318 g/mol. The molecule has 1 saturated heterocycles. The van der Waals surface area contributed by atoms with E-state index in [0.29, 0.717) is 41.6 Å². The monoisotopic (exact) mass is 317 g/mol. The molecule has 0 radical (unpaired) electrons. The van der Waals surface area contributed by atoms with Crippen molar-refractivity contribution in [3.05, 3.63) is 29.9 Å². The molecule has 8 heteroatoms. The first-order chi connectivity index (χ1) is 10.8. The van der Waals surface area contributed by atoms with E-state index in [1.165, 1.54) is 6.33 Å². The summed E-state index contributed by atoms with van der Waals surface area (Å²) >= 11 is 6.05. The van der Waals surface area contributed by atoms with Crippen molar-refractivity contribution >= 4 is 28.5 Å². The number of hydrogen-bond donors (Lipinski definition) is 0. The zero-order valence-electron chi connectivity index (χ0n) is 11.6. The Hall–Kier alpha value is -2.25. The van der Waals surface area contributed by atoms with Crippen LogP contribution in [0.15, 0.2) is 29.1 Å². The van der Waals surface area contributed by atoms with Crippen LogP contribution in [0, 0.1) is 0 Å². The minimum atomic E-state index is 0.198. The Kier molecular flexibility index (Phi) is 3.36. The number of furan rings is 1. The first-order valence-corrected chi connectivity index (χ1v) is 7.25. The summed E-state index contributed by atoms with van der Waals surface area (Å²) in [4.78, 5) is 18.8. The summed E-state index contributed by atoms with van der Waals surface area (Å²) in [6, 6.07) is 3.59. The first kappa shape index (κ1) is 13.4. The van der Waals surface area contributed by atoms with Gasteiger partial charge in [0.1, 0.15) is 17.5 Å². The van der Waals surface area contributed by atoms with Crippen LogP contribution in [0.4, 0.5) is 5.82 Å². The lowest BCUT2D eigenvalue weighted by Crippen LogP contribution is -2.36. The fourth-order valence-electron chi connectivity index (χ4n) is 2.44. The highest BCUT2D eigenvalue weighted by Crippen LogP contribution is 2.32. The van der Waals surface area contributed by atoms with E-state index >= 15 is 0 Å². The number of ether oxygens (including phenoxy) is 1. The smallest absolute Gasteiger partial charge is 0.225 e. The number of aromatic nitrogens is 4. The van der Waals surface area contributed by atoms with Crippen LogP contribution in [-0.4, -0.2) is 46.2 Å². The lowest BCUT2D eigenvalue weighted by molar-refractivity contribution is 0.122. The summed E-state index contributed by atoms with van der Waals surface area (Å²) in [7, 11) is 0. The van der Waals surface area contributed by atoms with Gasteiger partial charge in [-0.15, -0.1) is 0 Å². The van der Waals surface area contributed by atoms with Gasteiger partial charge < -0.3 is 14.1 Å². The van der Waals surface area contributed by atoms with E-state index in [-0.39, 0.29) is 5.28 Å². The molecule has 0 bridgehead atoms. The summed E-state index contributed by atoms with van der Waals surface area (Å²) in [6.07, 6.45) is 3.14. The Morgan fingerprint density at radius 3 is 2.82 bits per heavy atom. The molecule has 1 fully saturated rings. The fourth-order valence-corrected chi connectivity index (χ4v) is 2.61. The zero-order chi connectivity index (χ0) is 14.9. The van der Waals surface area contributed by atoms with Crippen LogP contribution in [0.5, 0.6) is 0 Å². The number of anilines is 1. The molecular formula is C14H12ClN5O2. The maximum atomic E-state index is 6.05. The molecule has 0 amide bonds. The molecule has 7 nitrogen and oxygen atoms in total. The Labute approximate surface area is 130 Å². The summed E-state index contributed by atoms with van der Waals surface area (Å²) in [6.45, 7) is 2.79. The van der Waals surface area contributed by atoms with Gasteiger partial charge in [-0.05, 0) is 17.7 Å². The van der Waals surface area contributed by atoms with Crippen molar-refractivity contribution in [2.75, 3.05) is 31.2 Å². The molecule has 1 aliphatic heterocycles. The Bertz CT molecular complexity index is 802. The molecule has 0 aromatic carbocycles. The van der Waals surface area contributed by atoms with Gasteiger partial charge in [-0.25, -0.2) is 15.0 Å². The summed E-state index contributed by atoms with van der Waals surface area (Å²) in [5.74, 6) is 1.31. The van der Waals surface area contributed by atoms with Gasteiger partial charge >= 0.3 is 0 Å². The van der Waals surface area contributed by atoms with Crippen LogP contribution in [0.2, 0.25) is 5.28 Å². The minimum Gasteiger partial charge on any atom is -0.449 e. The second-order valence-corrected chi connectivity index (χ2v) is 5.17. The van der Waals surface area contributed by atoms with Gasteiger partial charge in [-0.2, -0.15) is 4.98 Å². The van der Waals surface area contributed by atoms with Gasteiger partial charge in [0.25, 0.3) is 0 Å². The van der Waals surface area contributed by atoms with E-state index in [9.17, 15) is 0 Å². The van der Waals surface area contributed by atoms with E-state index in [1.807, 2.05) is 6.07 Å². The number of morpholine rings is 1. The van der Waals surface area contributed by atoms with Crippen molar-refractivity contribution in [1.29, 1.82) is 0 Å². The molecule has 4 heterocycles. The van der Waals surface area contributed by atoms with Gasteiger partial charge in [0.2, 0.25) is 5.28 Å². The third-order valence-corrected chi connectivity index (χ3v) is 3.64. The molecule has 3 aromatic heterocycles. The van der Waals surface area contributed by atoms with E-state index in [1.54, 1.807) is 12.3 Å². The van der Waals surface area contributed by atoms with Gasteiger partial charge in [0.05, 0.1) is 13.2 Å². The second-order valence-electron chi connectivity index (χ2n) is 4.84. The SMILES string of the molecule is Clc1nc(N2CCOCC2)c2oc(-c3ccncn3)cc2n1. The molecule has 0 atom stereocenters. The maximum Gasteiger partial charge on any atom is 0.225 e. The van der Waals surface area contributed by atoms with E-state index < -0.39 is 0 Å². The van der Waals surface area contributed by atoms with Crippen LogP contribution < -0.4 is 4.90 Å². The Morgan fingerprint density at radius 1 is 1.18 bits per heavy atom. The van der Waals surface area contributed by atoms with Gasteiger partial charge in [-0.1, -0.05) is 0 Å². The molecule has 1 aliphatic rings. The largest absolute Gasteiger partial charge is 0.449 e. The highest BCUT2D eigenvalue weighted by Gasteiger charge is 2.21. The van der Waals surface area contributed by atoms with Crippen LogP contribution in [0.25, 0.3) is 22.6 Å². The molecule has 0 unspecified atom stereocenters. The number of hydrogen-bond acceptors (Lipinski definition) is 7. The van der Waals surface area contributed by atoms with Gasteiger partial charge in [-0.3, -0.25) is 0 Å². The normalized spacial score (nSPS) is 15.4. The maximum absolute atomic E-state index is 6.05. The molecule has 0 saturated carbocycles. The first-order valence-electron chi connectivity index (χ1n) is 6.87. The zero-order valence-corrected chi connectivity index (χ0v) is 12.3. The fraction of sp³-hybridized carbons (Fsp3) is 0.286. The van der Waals surface area contributed by atoms with Gasteiger partial charge in [0, 0.05) is 25.4 Å². The van der Waals surface area contributed by atoms with E-state index in [4.69, 9.17) is 20.8 Å². The van der Waals surface area contributed by atoms with Crippen LogP contribution in [-0.2, 0) is 4.74 Å². The highest BCUT2D eigenvalue weighted by atomic mass is 35.5. The molecule has 22 heavy (non-hydrogen) atoms. The third kappa shape index (κ3) is 2.38. The number of fused-ring (bicyclic) bond motifs is 1. The Balaban J connectivity index is 1.84. The van der Waals surface area contributed by atoms with Gasteiger partial charge in [0.15, 0.2) is 17.2 Å². The molecule has 112 valence electrons. The summed E-state index contributed by atoms with van der Waals surface area (Å²) in [5.41, 5.74) is 1.96. The van der Waals surface area contributed by atoms with Crippen molar-refractivity contribution in [3.63, 3.8) is 0 Å². The number of halogens is 1. The standard InChI is InChI=1S/C14H12ClN5O2/c15-14-18-10-7-11(9-1-2-16-8-17-9)22-12(10)13(19-14)20-3-5-21-6-4-20/h1-2,7-8H,3-6H2. The second kappa shape index (κ2) is 5.51. The lowest BCUT2D eigenvalue weighted by atomic mass is 10.3. The topological polar surface area (TPSA) is 77.2 Å². The van der Waals surface area contributed by atoms with E-state index in [0.717, 1.165) is 13.1 Å². The molecule has 3 aromatic rings. The molecule has 0 spiro atoms. The Morgan fingerprint density at radius 2 is 2.05 bits per heavy atom. The summed E-state index contributed by atoms with van der Waals surface area (Å²) < 4.78 is 11.3. The van der Waals surface area contributed by atoms with Crippen molar-refractivity contribution in [2.24, 2.45) is 0 Å². The van der Waals surface area contributed by atoms with E-state index in [2.05, 4.69) is 24.8 Å². The molecular weight excluding hydrogens is 306 g/mol. The molecule has 0 N–H and O–H groups in total. The molecule has 0 aliphatic carbocycles. The van der Waals surface area contributed by atoms with Crippen LogP contribution >= 0.6 is 11.6 Å². The predicted molar refractivity (Wildman–Crippen MR) is 80.9 cm³/mol. The van der Waals surface area contributed by atoms with Crippen molar-refractivity contribution in [3.8, 4) is 11.5 Å². The summed E-state index contributed by atoms with van der Waals surface area (Å²) in [5, 5.41) is 0.198. The minimum absolute atomic E-state index is 0.198. The van der Waals surface area contributed by atoms with Crippen LogP contribution in [0.1, 0.15) is 0 Å². The molecule has 4 rings (SSSR count). The number of rotatable bonds is 2.